The molecule has 0 N–H and O–H groups in total. The lowest BCUT2D eigenvalue weighted by molar-refractivity contribution is 0.275. The Kier molecular flexibility index (Phi) is 2.32. The molecule has 0 spiro atoms. The standard InChI is InChI=1S/C9H11NO/c1-7-5-9(11-2)4-3-8(7)6-10/h5H,3-4H2,1-2H3. The first-order valence-electron chi connectivity index (χ1n) is 3.62. The molecule has 1 aliphatic carbocycles. The first-order valence-corrected chi connectivity index (χ1v) is 3.62. The molecule has 0 fully saturated rings. The van der Waals surface area contributed by atoms with Gasteiger partial charge in [-0.05, 0) is 25.0 Å². The highest BCUT2D eigenvalue weighted by Crippen LogP contribution is 2.22. The summed E-state index contributed by atoms with van der Waals surface area (Å²) in [5.41, 5.74) is 1.92. The van der Waals surface area contributed by atoms with E-state index in [1.165, 1.54) is 0 Å². The van der Waals surface area contributed by atoms with Crippen molar-refractivity contribution in [3.05, 3.63) is 23.0 Å². The van der Waals surface area contributed by atoms with Gasteiger partial charge in [-0.1, -0.05) is 0 Å². The van der Waals surface area contributed by atoms with E-state index in [1.807, 2.05) is 13.0 Å². The summed E-state index contributed by atoms with van der Waals surface area (Å²) in [5, 5.41) is 8.64. The molecule has 2 nitrogen and oxygen atoms in total. The van der Waals surface area contributed by atoms with Crippen molar-refractivity contribution in [1.82, 2.24) is 0 Å². The Labute approximate surface area is 66.8 Å². The van der Waals surface area contributed by atoms with Gasteiger partial charge >= 0.3 is 0 Å². The fraction of sp³-hybridized carbons (Fsp3) is 0.444. The van der Waals surface area contributed by atoms with Crippen LogP contribution in [-0.2, 0) is 4.74 Å². The molecule has 0 aliphatic heterocycles. The SMILES string of the molecule is COC1=CC(C)=C(C#N)CC1. The minimum Gasteiger partial charge on any atom is -0.501 e. The molecule has 58 valence electrons. The van der Waals surface area contributed by atoms with Crippen molar-refractivity contribution in [1.29, 1.82) is 5.26 Å². The number of rotatable bonds is 1. The van der Waals surface area contributed by atoms with Crippen molar-refractivity contribution in [3.8, 4) is 6.07 Å². The van der Waals surface area contributed by atoms with E-state index in [0.29, 0.717) is 0 Å². The van der Waals surface area contributed by atoms with Gasteiger partial charge in [-0.25, -0.2) is 0 Å². The van der Waals surface area contributed by atoms with Crippen LogP contribution in [-0.4, -0.2) is 7.11 Å². The first-order chi connectivity index (χ1) is 5.27. The molecule has 11 heavy (non-hydrogen) atoms. The topological polar surface area (TPSA) is 33.0 Å². The van der Waals surface area contributed by atoms with E-state index in [0.717, 1.165) is 29.7 Å². The van der Waals surface area contributed by atoms with E-state index in [-0.39, 0.29) is 0 Å². The summed E-state index contributed by atoms with van der Waals surface area (Å²) in [7, 11) is 1.66. The van der Waals surface area contributed by atoms with Crippen LogP contribution in [0.1, 0.15) is 19.8 Å². The average molecular weight is 149 g/mol. The lowest BCUT2D eigenvalue weighted by Gasteiger charge is -2.12. The monoisotopic (exact) mass is 149 g/mol. The van der Waals surface area contributed by atoms with Crippen molar-refractivity contribution < 1.29 is 4.74 Å². The number of nitriles is 1. The Morgan fingerprint density at radius 1 is 1.55 bits per heavy atom. The zero-order chi connectivity index (χ0) is 8.27. The third-order valence-corrected chi connectivity index (χ3v) is 1.87. The molecule has 0 amide bonds. The third kappa shape index (κ3) is 1.62. The smallest absolute Gasteiger partial charge is 0.0961 e. The summed E-state index contributed by atoms with van der Waals surface area (Å²) in [6, 6.07) is 2.18. The summed E-state index contributed by atoms with van der Waals surface area (Å²) < 4.78 is 5.07. The van der Waals surface area contributed by atoms with Crippen molar-refractivity contribution in [2.45, 2.75) is 19.8 Å². The summed E-state index contributed by atoms with van der Waals surface area (Å²) in [6.45, 7) is 1.94. The Hall–Kier alpha value is -1.23. The number of hydrogen-bond acceptors (Lipinski definition) is 2. The molecule has 0 unspecified atom stereocenters. The van der Waals surface area contributed by atoms with Crippen LogP contribution in [0.3, 0.4) is 0 Å². The van der Waals surface area contributed by atoms with E-state index < -0.39 is 0 Å². The van der Waals surface area contributed by atoms with E-state index in [2.05, 4.69) is 6.07 Å². The Bertz CT molecular complexity index is 255. The van der Waals surface area contributed by atoms with Gasteiger partial charge in [0.15, 0.2) is 0 Å². The number of methoxy groups -OCH3 is 1. The lowest BCUT2D eigenvalue weighted by Crippen LogP contribution is -1.97. The summed E-state index contributed by atoms with van der Waals surface area (Å²) in [5.74, 6) is 0.974. The van der Waals surface area contributed by atoms with Crippen molar-refractivity contribution in [2.75, 3.05) is 7.11 Å². The van der Waals surface area contributed by atoms with Crippen LogP contribution in [0.25, 0.3) is 0 Å². The van der Waals surface area contributed by atoms with Crippen LogP contribution in [0.2, 0.25) is 0 Å². The molecule has 0 aromatic heterocycles. The first kappa shape index (κ1) is 7.87. The Morgan fingerprint density at radius 3 is 2.73 bits per heavy atom. The van der Waals surface area contributed by atoms with Gasteiger partial charge in [0.25, 0.3) is 0 Å². The second kappa shape index (κ2) is 3.25. The van der Waals surface area contributed by atoms with Gasteiger partial charge in [-0.15, -0.1) is 0 Å². The maximum absolute atomic E-state index is 8.64. The summed E-state index contributed by atoms with van der Waals surface area (Å²) >= 11 is 0. The van der Waals surface area contributed by atoms with Gasteiger partial charge in [0.05, 0.1) is 18.9 Å². The second-order valence-electron chi connectivity index (χ2n) is 2.59. The fourth-order valence-corrected chi connectivity index (χ4v) is 1.15. The van der Waals surface area contributed by atoms with Crippen LogP contribution < -0.4 is 0 Å². The highest BCUT2D eigenvalue weighted by molar-refractivity contribution is 5.37. The normalized spacial score (nSPS) is 17.4. The molecule has 0 aromatic carbocycles. The maximum Gasteiger partial charge on any atom is 0.0961 e. The largest absolute Gasteiger partial charge is 0.501 e. The van der Waals surface area contributed by atoms with Crippen LogP contribution in [0.4, 0.5) is 0 Å². The van der Waals surface area contributed by atoms with Gasteiger partial charge in [-0.3, -0.25) is 0 Å². The van der Waals surface area contributed by atoms with Crippen LogP contribution in [0, 0.1) is 11.3 Å². The van der Waals surface area contributed by atoms with Crippen LogP contribution in [0.5, 0.6) is 0 Å². The van der Waals surface area contributed by atoms with E-state index >= 15 is 0 Å². The fourth-order valence-electron chi connectivity index (χ4n) is 1.15. The Balaban J connectivity index is 2.87. The van der Waals surface area contributed by atoms with E-state index in [9.17, 15) is 0 Å². The molecule has 1 rings (SSSR count). The number of allylic oxidation sites excluding steroid dienone is 4. The quantitative estimate of drug-likeness (QED) is 0.572. The Morgan fingerprint density at radius 2 is 2.27 bits per heavy atom. The molecule has 0 bridgehead atoms. The average Bonchev–Trinajstić information content (AvgIpc) is 2.04. The molecular weight excluding hydrogens is 138 g/mol. The highest BCUT2D eigenvalue weighted by atomic mass is 16.5. The summed E-state index contributed by atoms with van der Waals surface area (Å²) in [4.78, 5) is 0. The van der Waals surface area contributed by atoms with Crippen molar-refractivity contribution >= 4 is 0 Å². The zero-order valence-electron chi connectivity index (χ0n) is 6.85. The molecule has 0 aromatic rings. The van der Waals surface area contributed by atoms with Crippen LogP contribution >= 0.6 is 0 Å². The predicted molar refractivity (Wildman–Crippen MR) is 42.6 cm³/mol. The number of nitrogens with zero attached hydrogens (tertiary/aromatic N) is 1. The van der Waals surface area contributed by atoms with Gasteiger partial charge in [0, 0.05) is 12.0 Å². The molecule has 0 radical (unpaired) electrons. The van der Waals surface area contributed by atoms with Gasteiger partial charge < -0.3 is 4.74 Å². The molecule has 0 atom stereocenters. The van der Waals surface area contributed by atoms with Crippen LogP contribution in [0.15, 0.2) is 23.0 Å². The van der Waals surface area contributed by atoms with Gasteiger partial charge in [0.1, 0.15) is 0 Å². The molecule has 0 heterocycles. The van der Waals surface area contributed by atoms with Gasteiger partial charge in [0.2, 0.25) is 0 Å². The molecular formula is C9H11NO. The molecule has 2 heteroatoms. The second-order valence-corrected chi connectivity index (χ2v) is 2.59. The third-order valence-electron chi connectivity index (χ3n) is 1.87. The predicted octanol–water partition coefficient (Wildman–Crippen LogP) is 2.15. The lowest BCUT2D eigenvalue weighted by atomic mass is 9.99. The van der Waals surface area contributed by atoms with E-state index in [4.69, 9.17) is 10.00 Å². The van der Waals surface area contributed by atoms with Crippen molar-refractivity contribution in [3.63, 3.8) is 0 Å². The number of ether oxygens (including phenoxy) is 1. The van der Waals surface area contributed by atoms with Gasteiger partial charge in [-0.2, -0.15) is 5.26 Å². The molecule has 0 saturated heterocycles. The number of hydrogen-bond donors (Lipinski definition) is 0. The maximum atomic E-state index is 8.64. The highest BCUT2D eigenvalue weighted by Gasteiger charge is 2.09. The van der Waals surface area contributed by atoms with E-state index in [1.54, 1.807) is 7.11 Å². The zero-order valence-corrected chi connectivity index (χ0v) is 6.85. The summed E-state index contributed by atoms with van der Waals surface area (Å²) in [6.07, 6.45) is 3.61. The van der Waals surface area contributed by atoms with Crippen molar-refractivity contribution in [2.24, 2.45) is 0 Å². The minimum absolute atomic E-state index is 0.821. The molecule has 0 saturated carbocycles. The minimum atomic E-state index is 0.821. The molecule has 1 aliphatic rings.